The predicted molar refractivity (Wildman–Crippen MR) is 60.8 cm³/mol. The summed E-state index contributed by atoms with van der Waals surface area (Å²) in [6.07, 6.45) is 6.14. The molecule has 3 heteroatoms. The molecule has 0 aliphatic carbocycles. The minimum atomic E-state index is 0.306. The molecule has 0 amide bonds. The Labute approximate surface area is 91.3 Å². The molecule has 1 aromatic rings. The van der Waals surface area contributed by atoms with Crippen molar-refractivity contribution in [3.63, 3.8) is 0 Å². The van der Waals surface area contributed by atoms with Gasteiger partial charge in [-0.1, -0.05) is 13.8 Å². The molecule has 0 saturated heterocycles. The smallest absolute Gasteiger partial charge is 0.0492 e. The molecule has 1 rings (SSSR count). The van der Waals surface area contributed by atoms with E-state index in [1.165, 1.54) is 5.69 Å². The lowest BCUT2D eigenvalue weighted by Gasteiger charge is -2.08. The van der Waals surface area contributed by atoms with E-state index in [0.29, 0.717) is 5.38 Å². The van der Waals surface area contributed by atoms with Crippen LogP contribution in [-0.2, 0) is 13.0 Å². The quantitative estimate of drug-likeness (QED) is 0.665. The lowest BCUT2D eigenvalue weighted by atomic mass is 10.1. The van der Waals surface area contributed by atoms with Gasteiger partial charge in [-0.25, -0.2) is 0 Å². The van der Waals surface area contributed by atoms with E-state index in [4.69, 9.17) is 11.6 Å². The maximum atomic E-state index is 6.08. The monoisotopic (exact) mass is 214 g/mol. The van der Waals surface area contributed by atoms with Crippen LogP contribution >= 0.6 is 11.6 Å². The zero-order valence-corrected chi connectivity index (χ0v) is 9.80. The first-order valence-corrected chi connectivity index (χ1v) is 5.86. The molecule has 0 N–H and O–H groups in total. The second-order valence-electron chi connectivity index (χ2n) is 3.59. The van der Waals surface area contributed by atoms with Gasteiger partial charge in [-0.3, -0.25) is 4.68 Å². The first-order chi connectivity index (χ1) is 6.77. The summed E-state index contributed by atoms with van der Waals surface area (Å²) in [5, 5.41) is 4.59. The summed E-state index contributed by atoms with van der Waals surface area (Å²) in [6, 6.07) is 2.09. The maximum Gasteiger partial charge on any atom is 0.0492 e. The lowest BCUT2D eigenvalue weighted by Crippen LogP contribution is -2.07. The average Bonchev–Trinajstić information content (AvgIpc) is 2.62. The zero-order valence-electron chi connectivity index (χ0n) is 9.04. The van der Waals surface area contributed by atoms with Crippen molar-refractivity contribution < 1.29 is 0 Å². The van der Waals surface area contributed by atoms with Crippen LogP contribution in [-0.4, -0.2) is 15.2 Å². The van der Waals surface area contributed by atoms with Crippen LogP contribution in [0.5, 0.6) is 0 Å². The van der Waals surface area contributed by atoms with Gasteiger partial charge in [0, 0.05) is 23.8 Å². The number of rotatable bonds is 6. The van der Waals surface area contributed by atoms with E-state index < -0.39 is 0 Å². The van der Waals surface area contributed by atoms with Gasteiger partial charge in [-0.05, 0) is 31.7 Å². The molecule has 80 valence electrons. The summed E-state index contributed by atoms with van der Waals surface area (Å²) < 4.78 is 2.08. The summed E-state index contributed by atoms with van der Waals surface area (Å²) >= 11 is 6.08. The van der Waals surface area contributed by atoms with Crippen molar-refractivity contribution in [3.8, 4) is 0 Å². The van der Waals surface area contributed by atoms with Gasteiger partial charge in [0.15, 0.2) is 0 Å². The highest BCUT2D eigenvalue weighted by atomic mass is 35.5. The van der Waals surface area contributed by atoms with Crippen molar-refractivity contribution in [3.05, 3.63) is 18.0 Å². The van der Waals surface area contributed by atoms with E-state index in [1.54, 1.807) is 0 Å². The zero-order chi connectivity index (χ0) is 10.4. The van der Waals surface area contributed by atoms with Crippen LogP contribution in [0.1, 0.15) is 38.8 Å². The average molecular weight is 215 g/mol. The number of alkyl halides is 1. The fraction of sp³-hybridized carbons (Fsp3) is 0.727. The van der Waals surface area contributed by atoms with Gasteiger partial charge in [-0.2, -0.15) is 5.10 Å². The maximum absolute atomic E-state index is 6.08. The molecule has 0 spiro atoms. The molecule has 0 saturated carbocycles. The molecule has 0 aliphatic rings. The Morgan fingerprint density at radius 3 is 2.93 bits per heavy atom. The summed E-state index contributed by atoms with van der Waals surface area (Å²) in [5.74, 6) is 0. The van der Waals surface area contributed by atoms with Crippen LogP contribution in [0.15, 0.2) is 12.3 Å². The molecule has 0 radical (unpaired) electrons. The van der Waals surface area contributed by atoms with E-state index >= 15 is 0 Å². The highest BCUT2D eigenvalue weighted by molar-refractivity contribution is 6.20. The van der Waals surface area contributed by atoms with Crippen molar-refractivity contribution in [2.24, 2.45) is 0 Å². The number of hydrogen-bond donors (Lipinski definition) is 0. The molecular weight excluding hydrogens is 196 g/mol. The fourth-order valence-electron chi connectivity index (χ4n) is 1.49. The van der Waals surface area contributed by atoms with Gasteiger partial charge in [-0.15, -0.1) is 11.6 Å². The highest BCUT2D eigenvalue weighted by Gasteiger charge is 2.05. The molecular formula is C11H19ClN2. The van der Waals surface area contributed by atoms with E-state index in [9.17, 15) is 0 Å². The first kappa shape index (κ1) is 11.6. The van der Waals surface area contributed by atoms with Crippen LogP contribution in [0.2, 0.25) is 0 Å². The number of nitrogens with zero attached hydrogens (tertiary/aromatic N) is 2. The third kappa shape index (κ3) is 3.33. The first-order valence-electron chi connectivity index (χ1n) is 5.42. The molecule has 1 unspecified atom stereocenters. The number of hydrogen-bond acceptors (Lipinski definition) is 1. The third-order valence-corrected chi connectivity index (χ3v) is 2.92. The van der Waals surface area contributed by atoms with E-state index in [2.05, 4.69) is 29.7 Å². The van der Waals surface area contributed by atoms with Gasteiger partial charge in [0.2, 0.25) is 0 Å². The second kappa shape index (κ2) is 6.07. The van der Waals surface area contributed by atoms with Gasteiger partial charge in [0.1, 0.15) is 0 Å². The summed E-state index contributed by atoms with van der Waals surface area (Å²) in [4.78, 5) is 0. The molecule has 0 fully saturated rings. The van der Waals surface area contributed by atoms with Crippen LogP contribution < -0.4 is 0 Å². The highest BCUT2D eigenvalue weighted by Crippen LogP contribution is 2.11. The van der Waals surface area contributed by atoms with Crippen LogP contribution in [0, 0.1) is 0 Å². The lowest BCUT2D eigenvalue weighted by molar-refractivity contribution is 0.562. The topological polar surface area (TPSA) is 17.8 Å². The molecule has 1 atom stereocenters. The number of aromatic nitrogens is 2. The SMILES string of the molecule is CCCn1nccc1CCC(Cl)CC. The molecule has 2 nitrogen and oxygen atoms in total. The van der Waals surface area contributed by atoms with Gasteiger partial charge in [0.25, 0.3) is 0 Å². The molecule has 1 heterocycles. The summed E-state index contributed by atoms with van der Waals surface area (Å²) in [5.41, 5.74) is 1.31. The number of halogens is 1. The van der Waals surface area contributed by atoms with Crippen molar-refractivity contribution in [1.29, 1.82) is 0 Å². The van der Waals surface area contributed by atoms with Gasteiger partial charge in [0.05, 0.1) is 0 Å². The Morgan fingerprint density at radius 2 is 2.29 bits per heavy atom. The van der Waals surface area contributed by atoms with E-state index in [-0.39, 0.29) is 0 Å². The Balaban J connectivity index is 2.45. The Bertz CT molecular complexity index is 258. The number of aryl methyl sites for hydroxylation is 2. The molecule has 0 bridgehead atoms. The third-order valence-electron chi connectivity index (χ3n) is 2.40. The minimum absolute atomic E-state index is 0.306. The molecule has 0 aromatic carbocycles. The standard InChI is InChI=1S/C11H19ClN2/c1-3-9-14-11(7-8-13-14)6-5-10(12)4-2/h7-8,10H,3-6,9H2,1-2H3. The molecule has 0 aliphatic heterocycles. The van der Waals surface area contributed by atoms with Crippen LogP contribution in [0.25, 0.3) is 0 Å². The van der Waals surface area contributed by atoms with Crippen LogP contribution in [0.4, 0.5) is 0 Å². The van der Waals surface area contributed by atoms with Crippen molar-refractivity contribution >= 4 is 11.6 Å². The fourth-order valence-corrected chi connectivity index (χ4v) is 1.60. The minimum Gasteiger partial charge on any atom is -0.270 e. The summed E-state index contributed by atoms with van der Waals surface area (Å²) in [6.45, 7) is 5.31. The van der Waals surface area contributed by atoms with Crippen LogP contribution in [0.3, 0.4) is 0 Å². The van der Waals surface area contributed by atoms with Gasteiger partial charge >= 0.3 is 0 Å². The molecule has 14 heavy (non-hydrogen) atoms. The Hall–Kier alpha value is -0.500. The van der Waals surface area contributed by atoms with Crippen molar-refractivity contribution in [2.45, 2.75) is 51.5 Å². The Morgan fingerprint density at radius 1 is 1.50 bits per heavy atom. The van der Waals surface area contributed by atoms with Crippen molar-refractivity contribution in [2.75, 3.05) is 0 Å². The Kier molecular flexibility index (Phi) is 5.02. The van der Waals surface area contributed by atoms with E-state index in [1.807, 2.05) is 6.20 Å². The van der Waals surface area contributed by atoms with E-state index in [0.717, 1.165) is 32.2 Å². The van der Waals surface area contributed by atoms with Gasteiger partial charge < -0.3 is 0 Å². The van der Waals surface area contributed by atoms with Crippen molar-refractivity contribution in [1.82, 2.24) is 9.78 Å². The largest absolute Gasteiger partial charge is 0.270 e. The summed E-state index contributed by atoms with van der Waals surface area (Å²) in [7, 11) is 0. The normalized spacial score (nSPS) is 13.1. The molecule has 1 aromatic heterocycles. The predicted octanol–water partition coefficient (Wildman–Crippen LogP) is 3.24. The second-order valence-corrected chi connectivity index (χ2v) is 4.21.